The molecule has 1 aromatic heterocycles. The summed E-state index contributed by atoms with van der Waals surface area (Å²) in [5, 5.41) is 3.46. The maximum atomic E-state index is 13.4. The van der Waals surface area contributed by atoms with E-state index < -0.39 is 0 Å². The Kier molecular flexibility index (Phi) is 3.55. The fourth-order valence-corrected chi connectivity index (χ4v) is 1.64. The number of rotatable bonds is 3. The Labute approximate surface area is 105 Å². The summed E-state index contributed by atoms with van der Waals surface area (Å²) in [7, 11) is 0. The van der Waals surface area contributed by atoms with Crippen LogP contribution in [-0.4, -0.2) is 10.9 Å². The van der Waals surface area contributed by atoms with Crippen molar-refractivity contribution < 1.29 is 9.18 Å². The minimum atomic E-state index is -0.354. The summed E-state index contributed by atoms with van der Waals surface area (Å²) in [6, 6.07) is 6.49. The van der Waals surface area contributed by atoms with E-state index >= 15 is 0 Å². The number of pyridine rings is 1. The van der Waals surface area contributed by atoms with Crippen LogP contribution in [0.25, 0.3) is 10.9 Å². The third-order valence-corrected chi connectivity index (χ3v) is 2.99. The normalized spacial score (nSPS) is 12.4. The molecule has 0 spiro atoms. The van der Waals surface area contributed by atoms with Gasteiger partial charge in [-0.05, 0) is 18.6 Å². The third-order valence-electron chi connectivity index (χ3n) is 2.99. The van der Waals surface area contributed by atoms with E-state index in [1.54, 1.807) is 18.2 Å². The minimum Gasteiger partial charge on any atom is -0.324 e. The molecule has 0 saturated carbocycles. The quantitative estimate of drug-likeness (QED) is 0.902. The molecular weight excluding hydrogens is 231 g/mol. The van der Waals surface area contributed by atoms with E-state index in [4.69, 9.17) is 0 Å². The Hall–Kier alpha value is -1.97. The first-order chi connectivity index (χ1) is 8.61. The van der Waals surface area contributed by atoms with E-state index in [2.05, 4.69) is 10.3 Å². The molecule has 1 aromatic carbocycles. The van der Waals surface area contributed by atoms with Crippen LogP contribution >= 0.6 is 0 Å². The van der Waals surface area contributed by atoms with Gasteiger partial charge in [-0.15, -0.1) is 0 Å². The second-order valence-corrected chi connectivity index (χ2v) is 4.33. The molecule has 1 N–H and O–H groups in total. The average molecular weight is 246 g/mol. The first-order valence-corrected chi connectivity index (χ1v) is 5.97. The van der Waals surface area contributed by atoms with Gasteiger partial charge in [0.15, 0.2) is 0 Å². The van der Waals surface area contributed by atoms with Crippen LogP contribution in [0.4, 0.5) is 10.1 Å². The molecule has 2 rings (SSSR count). The maximum Gasteiger partial charge on any atom is 0.227 e. The zero-order valence-corrected chi connectivity index (χ0v) is 10.4. The highest BCUT2D eigenvalue weighted by Crippen LogP contribution is 2.19. The van der Waals surface area contributed by atoms with E-state index in [0.29, 0.717) is 16.6 Å². The van der Waals surface area contributed by atoms with Gasteiger partial charge in [-0.25, -0.2) is 4.39 Å². The van der Waals surface area contributed by atoms with Gasteiger partial charge in [0.2, 0.25) is 5.91 Å². The van der Waals surface area contributed by atoms with Crippen molar-refractivity contribution in [3.8, 4) is 0 Å². The van der Waals surface area contributed by atoms with Gasteiger partial charge in [0.25, 0.3) is 0 Å². The van der Waals surface area contributed by atoms with Gasteiger partial charge < -0.3 is 5.32 Å². The molecule has 1 heterocycles. The van der Waals surface area contributed by atoms with Crippen molar-refractivity contribution in [3.63, 3.8) is 0 Å². The van der Waals surface area contributed by atoms with Crippen LogP contribution in [0.15, 0.2) is 30.5 Å². The van der Waals surface area contributed by atoms with Gasteiger partial charge in [-0.3, -0.25) is 9.78 Å². The number of fused-ring (bicyclic) bond motifs is 1. The van der Waals surface area contributed by atoms with Crippen LogP contribution in [0.2, 0.25) is 0 Å². The molecule has 1 amide bonds. The minimum absolute atomic E-state index is 0.0462. The van der Waals surface area contributed by atoms with Crippen molar-refractivity contribution in [1.29, 1.82) is 0 Å². The van der Waals surface area contributed by atoms with Crippen molar-refractivity contribution in [1.82, 2.24) is 4.98 Å². The molecule has 0 saturated heterocycles. The summed E-state index contributed by atoms with van der Waals surface area (Å²) >= 11 is 0. The van der Waals surface area contributed by atoms with Crippen LogP contribution in [-0.2, 0) is 4.79 Å². The number of carbonyl (C=O) groups excluding carboxylic acids is 1. The maximum absolute atomic E-state index is 13.4. The lowest BCUT2D eigenvalue weighted by molar-refractivity contribution is -0.119. The largest absolute Gasteiger partial charge is 0.324 e. The zero-order valence-electron chi connectivity index (χ0n) is 10.4. The van der Waals surface area contributed by atoms with Crippen LogP contribution < -0.4 is 5.32 Å². The smallest absolute Gasteiger partial charge is 0.227 e. The molecule has 0 fully saturated rings. The van der Waals surface area contributed by atoms with Gasteiger partial charge in [-0.1, -0.05) is 26.0 Å². The number of anilines is 1. The van der Waals surface area contributed by atoms with Crippen molar-refractivity contribution >= 4 is 22.5 Å². The Morgan fingerprint density at radius 1 is 1.50 bits per heavy atom. The number of hydrogen-bond acceptors (Lipinski definition) is 2. The predicted octanol–water partition coefficient (Wildman–Crippen LogP) is 3.36. The van der Waals surface area contributed by atoms with Gasteiger partial charge in [0.1, 0.15) is 11.3 Å². The van der Waals surface area contributed by atoms with E-state index in [-0.39, 0.29) is 17.6 Å². The number of amides is 1. The molecular formula is C14H15FN2O. The standard InChI is InChI=1S/C14H15FN2O/c1-3-9(2)14(18)17-11-7-10-5-4-6-12(15)13(10)16-8-11/h4-9H,3H2,1-2H3,(H,17,18). The van der Waals surface area contributed by atoms with E-state index in [1.807, 2.05) is 13.8 Å². The summed E-state index contributed by atoms with van der Waals surface area (Å²) < 4.78 is 13.4. The molecule has 1 atom stereocenters. The molecule has 0 aliphatic carbocycles. The van der Waals surface area contributed by atoms with Crippen molar-refractivity contribution in [2.75, 3.05) is 5.32 Å². The van der Waals surface area contributed by atoms with Crippen LogP contribution in [0.1, 0.15) is 20.3 Å². The molecule has 3 nitrogen and oxygen atoms in total. The Morgan fingerprint density at radius 2 is 2.28 bits per heavy atom. The second-order valence-electron chi connectivity index (χ2n) is 4.33. The van der Waals surface area contributed by atoms with E-state index in [9.17, 15) is 9.18 Å². The number of nitrogens with zero attached hydrogens (tertiary/aromatic N) is 1. The molecule has 18 heavy (non-hydrogen) atoms. The predicted molar refractivity (Wildman–Crippen MR) is 69.8 cm³/mol. The van der Waals surface area contributed by atoms with Crippen molar-refractivity contribution in [2.24, 2.45) is 5.92 Å². The molecule has 2 aromatic rings. The monoisotopic (exact) mass is 246 g/mol. The summed E-state index contributed by atoms with van der Waals surface area (Å²) in [5.74, 6) is -0.449. The highest BCUT2D eigenvalue weighted by atomic mass is 19.1. The van der Waals surface area contributed by atoms with Gasteiger partial charge in [-0.2, -0.15) is 0 Å². The van der Waals surface area contributed by atoms with E-state index in [1.165, 1.54) is 12.3 Å². The lowest BCUT2D eigenvalue weighted by Gasteiger charge is -2.10. The Balaban J connectivity index is 2.28. The number of aromatic nitrogens is 1. The van der Waals surface area contributed by atoms with Crippen LogP contribution in [0.3, 0.4) is 0 Å². The Bertz CT molecular complexity index is 583. The highest BCUT2D eigenvalue weighted by molar-refractivity contribution is 5.94. The number of benzene rings is 1. The second kappa shape index (κ2) is 5.12. The molecule has 0 aliphatic heterocycles. The topological polar surface area (TPSA) is 42.0 Å². The third kappa shape index (κ3) is 2.47. The van der Waals surface area contributed by atoms with Gasteiger partial charge in [0, 0.05) is 11.3 Å². The van der Waals surface area contributed by atoms with Gasteiger partial charge >= 0.3 is 0 Å². The summed E-state index contributed by atoms with van der Waals surface area (Å²) in [6.45, 7) is 3.82. The van der Waals surface area contributed by atoms with Crippen LogP contribution in [0.5, 0.6) is 0 Å². The first kappa shape index (κ1) is 12.5. The summed E-state index contributed by atoms with van der Waals surface area (Å²) in [5.41, 5.74) is 0.914. The number of carbonyl (C=O) groups is 1. The first-order valence-electron chi connectivity index (χ1n) is 5.97. The molecule has 4 heteroatoms. The average Bonchev–Trinajstić information content (AvgIpc) is 2.38. The lowest BCUT2D eigenvalue weighted by Crippen LogP contribution is -2.19. The number of para-hydroxylation sites is 1. The van der Waals surface area contributed by atoms with Crippen molar-refractivity contribution in [2.45, 2.75) is 20.3 Å². The van der Waals surface area contributed by atoms with E-state index in [0.717, 1.165) is 6.42 Å². The molecule has 0 bridgehead atoms. The number of halogens is 1. The lowest BCUT2D eigenvalue weighted by atomic mass is 10.1. The molecule has 0 radical (unpaired) electrons. The highest BCUT2D eigenvalue weighted by Gasteiger charge is 2.11. The summed E-state index contributed by atoms with van der Waals surface area (Å²) in [4.78, 5) is 15.8. The number of nitrogens with one attached hydrogen (secondary N) is 1. The number of hydrogen-bond donors (Lipinski definition) is 1. The fraction of sp³-hybridized carbons (Fsp3) is 0.286. The Morgan fingerprint density at radius 3 is 3.00 bits per heavy atom. The zero-order chi connectivity index (χ0) is 13.1. The van der Waals surface area contributed by atoms with Gasteiger partial charge in [0.05, 0.1) is 11.9 Å². The fourth-order valence-electron chi connectivity index (χ4n) is 1.64. The molecule has 94 valence electrons. The van der Waals surface area contributed by atoms with Crippen molar-refractivity contribution in [3.05, 3.63) is 36.3 Å². The SMILES string of the molecule is CCC(C)C(=O)Nc1cnc2c(F)cccc2c1. The molecule has 1 unspecified atom stereocenters. The molecule has 0 aliphatic rings. The van der Waals surface area contributed by atoms with Crippen LogP contribution in [0, 0.1) is 11.7 Å². The summed E-state index contributed by atoms with van der Waals surface area (Å²) in [6.07, 6.45) is 2.26.